The Bertz CT molecular complexity index is 1370. The van der Waals surface area contributed by atoms with Gasteiger partial charge in [-0.25, -0.2) is 0 Å². The highest BCUT2D eigenvalue weighted by atomic mass is 35.5. The molecule has 0 radical (unpaired) electrons. The standard InChI is InChI=1S/C23H21Cl2N3O3S/c1-3-5-10-31-18-9-6-14(11-19(18)30-4-2)12-20-22(29)28-23(32-20)26-21(27-28)16-8-7-15(24)13-17(16)25/h6-9,11-13H,3-5,10H2,1-2H3/b20-12+. The molecule has 4 aromatic rings. The zero-order valence-corrected chi connectivity index (χ0v) is 19.9. The van der Waals surface area contributed by atoms with Crippen LogP contribution in [-0.2, 0) is 0 Å². The summed E-state index contributed by atoms with van der Waals surface area (Å²) in [5.74, 6) is 1.74. The molecular weight excluding hydrogens is 469 g/mol. The van der Waals surface area contributed by atoms with Crippen molar-refractivity contribution in [3.8, 4) is 22.9 Å². The molecule has 0 spiro atoms. The molecule has 0 atom stereocenters. The Hall–Kier alpha value is -2.61. The molecule has 32 heavy (non-hydrogen) atoms. The number of nitrogens with zero attached hydrogens (tertiary/aromatic N) is 3. The molecule has 0 aliphatic carbocycles. The second-order valence-corrected chi connectivity index (χ2v) is 8.86. The predicted octanol–water partition coefficient (Wildman–Crippen LogP) is 5.25. The van der Waals surface area contributed by atoms with Crippen LogP contribution in [0.2, 0.25) is 10.0 Å². The summed E-state index contributed by atoms with van der Waals surface area (Å²) in [6.07, 6.45) is 3.84. The Morgan fingerprint density at radius 3 is 2.66 bits per heavy atom. The third-order valence-electron chi connectivity index (χ3n) is 4.67. The highest BCUT2D eigenvalue weighted by molar-refractivity contribution is 7.15. The molecule has 0 bridgehead atoms. The highest BCUT2D eigenvalue weighted by Gasteiger charge is 2.15. The maximum atomic E-state index is 12.9. The number of halogens is 2. The van der Waals surface area contributed by atoms with Gasteiger partial charge in [-0.3, -0.25) is 4.79 Å². The van der Waals surface area contributed by atoms with Gasteiger partial charge in [0.05, 0.1) is 22.8 Å². The van der Waals surface area contributed by atoms with Gasteiger partial charge in [0, 0.05) is 10.6 Å². The Labute approximate surface area is 199 Å². The lowest BCUT2D eigenvalue weighted by Gasteiger charge is -2.12. The average Bonchev–Trinajstić information content (AvgIpc) is 3.29. The minimum atomic E-state index is -0.241. The van der Waals surface area contributed by atoms with E-state index < -0.39 is 0 Å². The van der Waals surface area contributed by atoms with Gasteiger partial charge < -0.3 is 9.47 Å². The number of benzene rings is 2. The van der Waals surface area contributed by atoms with Crippen molar-refractivity contribution in [2.75, 3.05) is 13.2 Å². The number of unbranched alkanes of at least 4 members (excludes halogenated alkanes) is 1. The first-order valence-corrected chi connectivity index (χ1v) is 11.8. The molecule has 4 rings (SSSR count). The lowest BCUT2D eigenvalue weighted by molar-refractivity contribution is 0.272. The van der Waals surface area contributed by atoms with E-state index in [0.717, 1.165) is 18.4 Å². The average molecular weight is 490 g/mol. The summed E-state index contributed by atoms with van der Waals surface area (Å²) in [7, 11) is 0. The largest absolute Gasteiger partial charge is 0.490 e. The number of thiazole rings is 1. The number of rotatable bonds is 8. The second-order valence-electron chi connectivity index (χ2n) is 7.01. The number of hydrogen-bond acceptors (Lipinski definition) is 6. The summed E-state index contributed by atoms with van der Waals surface area (Å²) in [6.45, 7) is 5.20. The van der Waals surface area contributed by atoms with Gasteiger partial charge in [-0.1, -0.05) is 53.9 Å². The molecule has 6 nitrogen and oxygen atoms in total. The molecule has 9 heteroatoms. The van der Waals surface area contributed by atoms with Crippen molar-refractivity contribution in [2.24, 2.45) is 0 Å². The van der Waals surface area contributed by atoms with E-state index in [2.05, 4.69) is 17.0 Å². The molecule has 0 aliphatic heterocycles. The smallest absolute Gasteiger partial charge is 0.291 e. The summed E-state index contributed by atoms with van der Waals surface area (Å²) >= 11 is 13.5. The summed E-state index contributed by atoms with van der Waals surface area (Å²) in [4.78, 5) is 17.9. The van der Waals surface area contributed by atoms with Crippen molar-refractivity contribution in [3.63, 3.8) is 0 Å². The van der Waals surface area contributed by atoms with Crippen LogP contribution in [0.15, 0.2) is 41.2 Å². The SMILES string of the molecule is CCCCOc1ccc(/C=c2/sc3nc(-c4ccc(Cl)cc4Cl)nn3c2=O)cc1OCC. The first kappa shape index (κ1) is 22.6. The van der Waals surface area contributed by atoms with Crippen molar-refractivity contribution in [1.82, 2.24) is 14.6 Å². The van der Waals surface area contributed by atoms with Crippen LogP contribution in [0.1, 0.15) is 32.3 Å². The summed E-state index contributed by atoms with van der Waals surface area (Å²) in [5.41, 5.74) is 1.21. The fourth-order valence-corrected chi connectivity index (χ4v) is 4.50. The van der Waals surface area contributed by atoms with Gasteiger partial charge in [-0.15, -0.1) is 5.10 Å². The van der Waals surface area contributed by atoms with E-state index in [1.807, 2.05) is 25.1 Å². The van der Waals surface area contributed by atoms with Crippen LogP contribution >= 0.6 is 34.5 Å². The van der Waals surface area contributed by atoms with E-state index in [9.17, 15) is 4.79 Å². The summed E-state index contributed by atoms with van der Waals surface area (Å²) < 4.78 is 13.4. The molecule has 166 valence electrons. The van der Waals surface area contributed by atoms with Crippen LogP contribution in [0, 0.1) is 0 Å². The van der Waals surface area contributed by atoms with Crippen molar-refractivity contribution >= 4 is 45.6 Å². The van der Waals surface area contributed by atoms with E-state index >= 15 is 0 Å². The van der Waals surface area contributed by atoms with Gasteiger partial charge in [0.1, 0.15) is 0 Å². The van der Waals surface area contributed by atoms with Crippen LogP contribution in [0.5, 0.6) is 11.5 Å². The zero-order valence-electron chi connectivity index (χ0n) is 17.6. The van der Waals surface area contributed by atoms with Gasteiger partial charge in [-0.05, 0) is 55.3 Å². The van der Waals surface area contributed by atoms with Crippen LogP contribution in [0.25, 0.3) is 22.4 Å². The van der Waals surface area contributed by atoms with Crippen molar-refractivity contribution in [3.05, 3.63) is 66.9 Å². The molecule has 0 N–H and O–H groups in total. The van der Waals surface area contributed by atoms with E-state index in [4.69, 9.17) is 32.7 Å². The summed E-state index contributed by atoms with van der Waals surface area (Å²) in [6, 6.07) is 10.7. The van der Waals surface area contributed by atoms with Crippen LogP contribution in [-0.4, -0.2) is 27.8 Å². The third kappa shape index (κ3) is 4.75. The Balaban J connectivity index is 1.68. The number of ether oxygens (including phenoxy) is 2. The topological polar surface area (TPSA) is 65.7 Å². The number of fused-ring (bicyclic) bond motifs is 1. The lowest BCUT2D eigenvalue weighted by atomic mass is 10.2. The van der Waals surface area contributed by atoms with Crippen LogP contribution in [0.4, 0.5) is 0 Å². The molecular formula is C23H21Cl2N3O3S. The van der Waals surface area contributed by atoms with Gasteiger partial charge in [0.25, 0.3) is 5.56 Å². The molecule has 2 aromatic carbocycles. The maximum Gasteiger partial charge on any atom is 0.291 e. The van der Waals surface area contributed by atoms with Crippen molar-refractivity contribution in [2.45, 2.75) is 26.7 Å². The van der Waals surface area contributed by atoms with Gasteiger partial charge in [-0.2, -0.15) is 9.50 Å². The van der Waals surface area contributed by atoms with Crippen molar-refractivity contribution in [1.29, 1.82) is 0 Å². The minimum absolute atomic E-state index is 0.241. The second kappa shape index (κ2) is 9.90. The van der Waals surface area contributed by atoms with E-state index in [1.165, 1.54) is 15.9 Å². The number of aromatic nitrogens is 3. The quantitative estimate of drug-likeness (QED) is 0.316. The van der Waals surface area contributed by atoms with Crippen LogP contribution < -0.4 is 19.6 Å². The Morgan fingerprint density at radius 2 is 1.94 bits per heavy atom. The summed E-state index contributed by atoms with van der Waals surface area (Å²) in [5, 5.41) is 5.30. The van der Waals surface area contributed by atoms with E-state index in [-0.39, 0.29) is 5.56 Å². The molecule has 0 unspecified atom stereocenters. The lowest BCUT2D eigenvalue weighted by Crippen LogP contribution is -2.23. The molecule has 0 saturated carbocycles. The third-order valence-corrected chi connectivity index (χ3v) is 6.18. The fourth-order valence-electron chi connectivity index (χ4n) is 3.10. The molecule has 2 heterocycles. The van der Waals surface area contributed by atoms with E-state index in [0.29, 0.717) is 55.6 Å². The molecule has 0 saturated heterocycles. The maximum absolute atomic E-state index is 12.9. The first-order valence-electron chi connectivity index (χ1n) is 10.3. The normalized spacial score (nSPS) is 11.9. The minimum Gasteiger partial charge on any atom is -0.490 e. The van der Waals surface area contributed by atoms with Crippen molar-refractivity contribution < 1.29 is 9.47 Å². The monoisotopic (exact) mass is 489 g/mol. The Kier molecular flexibility index (Phi) is 6.98. The van der Waals surface area contributed by atoms with E-state index in [1.54, 1.807) is 24.3 Å². The fraction of sp³-hybridized carbons (Fsp3) is 0.261. The van der Waals surface area contributed by atoms with Gasteiger partial charge >= 0.3 is 0 Å². The van der Waals surface area contributed by atoms with Crippen LogP contribution in [0.3, 0.4) is 0 Å². The van der Waals surface area contributed by atoms with Gasteiger partial charge in [0.15, 0.2) is 17.3 Å². The molecule has 0 amide bonds. The first-order chi connectivity index (χ1) is 15.5. The molecule has 0 aliphatic rings. The van der Waals surface area contributed by atoms with Gasteiger partial charge in [0.2, 0.25) is 4.96 Å². The highest BCUT2D eigenvalue weighted by Crippen LogP contribution is 2.30. The molecule has 2 aromatic heterocycles. The number of hydrogen-bond donors (Lipinski definition) is 0. The molecule has 0 fully saturated rings. The Morgan fingerprint density at radius 1 is 1.09 bits per heavy atom. The zero-order chi connectivity index (χ0) is 22.7. The predicted molar refractivity (Wildman–Crippen MR) is 129 cm³/mol.